The molecule has 2 heterocycles. The lowest BCUT2D eigenvalue weighted by atomic mass is 9.93. The molecule has 0 aliphatic heterocycles. The van der Waals surface area contributed by atoms with E-state index in [1.807, 2.05) is 42.5 Å². The molecular formula is C31H37N3O2S. The van der Waals surface area contributed by atoms with Gasteiger partial charge in [-0.05, 0) is 102 Å². The van der Waals surface area contributed by atoms with Crippen molar-refractivity contribution < 1.29 is 9.53 Å². The summed E-state index contributed by atoms with van der Waals surface area (Å²) in [5, 5.41) is 16.3. The number of hydrogen-bond donors (Lipinski definition) is 2. The van der Waals surface area contributed by atoms with Gasteiger partial charge in [-0.1, -0.05) is 33.6 Å². The summed E-state index contributed by atoms with van der Waals surface area (Å²) in [5.41, 5.74) is 4.63. The van der Waals surface area contributed by atoms with Gasteiger partial charge in [-0.3, -0.25) is 9.89 Å². The smallest absolute Gasteiger partial charge is 0.251 e. The van der Waals surface area contributed by atoms with Gasteiger partial charge in [0.05, 0.1) is 23.4 Å². The average Bonchev–Trinajstić information content (AvgIpc) is 3.69. The van der Waals surface area contributed by atoms with Crippen LogP contribution in [0.2, 0.25) is 0 Å². The predicted octanol–water partition coefficient (Wildman–Crippen LogP) is 8.16. The molecule has 4 aromatic rings. The fraction of sp³-hybridized carbons (Fsp3) is 0.419. The topological polar surface area (TPSA) is 67.0 Å². The Morgan fingerprint density at radius 2 is 1.92 bits per heavy atom. The Balaban J connectivity index is 1.35. The van der Waals surface area contributed by atoms with Crippen molar-refractivity contribution in [2.75, 3.05) is 0 Å². The molecule has 2 aromatic heterocycles. The van der Waals surface area contributed by atoms with Crippen LogP contribution >= 0.6 is 11.3 Å². The zero-order chi connectivity index (χ0) is 25.8. The third-order valence-electron chi connectivity index (χ3n) is 7.51. The highest BCUT2D eigenvalue weighted by Crippen LogP contribution is 2.37. The van der Waals surface area contributed by atoms with Gasteiger partial charge < -0.3 is 10.1 Å². The van der Waals surface area contributed by atoms with Gasteiger partial charge >= 0.3 is 0 Å². The van der Waals surface area contributed by atoms with Gasteiger partial charge in [-0.15, -0.1) is 0 Å². The molecule has 5 nitrogen and oxygen atoms in total. The number of carbonyl (C=O) groups is 1. The van der Waals surface area contributed by atoms with Crippen molar-refractivity contribution in [2.24, 2.45) is 11.8 Å². The number of nitrogens with zero attached hydrogens (tertiary/aromatic N) is 1. The van der Waals surface area contributed by atoms with Crippen molar-refractivity contribution in [3.05, 3.63) is 70.4 Å². The standard InChI is InChI=1S/C31H37N3O2S/c1-4-25(17-20(2)3)36-26-12-9-22(10-13-26)30-27-18-23(11-14-28(27)33-34-30)31(35)32-29(21-7-5-6-8-21)24-15-16-37-19-24/h9-16,18-21,25,29H,4-8,17H2,1-3H3,(H,32,35)(H,33,34). The Kier molecular flexibility index (Phi) is 7.94. The number of aromatic amines is 1. The Labute approximate surface area is 223 Å². The number of benzene rings is 2. The number of H-pyrrole nitrogens is 1. The number of aromatic nitrogens is 2. The first-order valence-corrected chi connectivity index (χ1v) is 14.5. The molecule has 2 atom stereocenters. The molecule has 1 amide bonds. The highest BCUT2D eigenvalue weighted by atomic mass is 32.1. The van der Waals surface area contributed by atoms with E-state index in [4.69, 9.17) is 4.74 Å². The van der Waals surface area contributed by atoms with Gasteiger partial charge in [0.15, 0.2) is 0 Å². The predicted molar refractivity (Wildman–Crippen MR) is 152 cm³/mol. The second kappa shape index (κ2) is 11.5. The molecule has 1 aliphatic carbocycles. The number of hydrogen-bond acceptors (Lipinski definition) is 4. The van der Waals surface area contributed by atoms with Gasteiger partial charge in [-0.25, -0.2) is 0 Å². The Bertz CT molecular complexity index is 1300. The van der Waals surface area contributed by atoms with Gasteiger partial charge in [0, 0.05) is 16.5 Å². The molecule has 0 radical (unpaired) electrons. The second-order valence-corrected chi connectivity index (χ2v) is 11.5. The Morgan fingerprint density at radius 1 is 1.14 bits per heavy atom. The highest BCUT2D eigenvalue weighted by molar-refractivity contribution is 7.08. The van der Waals surface area contributed by atoms with Crippen LogP contribution in [0.25, 0.3) is 22.2 Å². The van der Waals surface area contributed by atoms with Crippen molar-refractivity contribution in [2.45, 2.75) is 71.4 Å². The van der Waals surface area contributed by atoms with E-state index < -0.39 is 0 Å². The van der Waals surface area contributed by atoms with E-state index in [1.54, 1.807) is 11.3 Å². The van der Waals surface area contributed by atoms with Gasteiger partial charge in [-0.2, -0.15) is 16.4 Å². The molecule has 5 rings (SSSR count). The molecular weight excluding hydrogens is 478 g/mol. The number of amides is 1. The molecule has 1 saturated carbocycles. The minimum atomic E-state index is -0.0309. The molecule has 0 spiro atoms. The first-order chi connectivity index (χ1) is 18.0. The van der Waals surface area contributed by atoms with E-state index in [-0.39, 0.29) is 18.1 Å². The first kappa shape index (κ1) is 25.5. The van der Waals surface area contributed by atoms with Crippen molar-refractivity contribution in [1.82, 2.24) is 15.5 Å². The van der Waals surface area contributed by atoms with E-state index in [9.17, 15) is 4.79 Å². The maximum absolute atomic E-state index is 13.4. The fourth-order valence-corrected chi connectivity index (χ4v) is 6.22. The summed E-state index contributed by atoms with van der Waals surface area (Å²) in [6.07, 6.45) is 7.08. The maximum atomic E-state index is 13.4. The Morgan fingerprint density at radius 3 is 2.59 bits per heavy atom. The van der Waals surface area contributed by atoms with Crippen LogP contribution in [0, 0.1) is 11.8 Å². The van der Waals surface area contributed by atoms with Crippen LogP contribution in [-0.4, -0.2) is 22.2 Å². The highest BCUT2D eigenvalue weighted by Gasteiger charge is 2.28. The first-order valence-electron chi connectivity index (χ1n) is 13.6. The molecule has 2 aromatic carbocycles. The summed E-state index contributed by atoms with van der Waals surface area (Å²) < 4.78 is 6.21. The van der Waals surface area contributed by atoms with Crippen LogP contribution in [0.4, 0.5) is 0 Å². The van der Waals surface area contributed by atoms with Crippen molar-refractivity contribution in [3.63, 3.8) is 0 Å². The lowest BCUT2D eigenvalue weighted by Crippen LogP contribution is -2.32. The average molecular weight is 516 g/mol. The number of rotatable bonds is 10. The number of nitrogens with one attached hydrogen (secondary N) is 2. The lowest BCUT2D eigenvalue weighted by molar-refractivity contribution is 0.0922. The number of carbonyl (C=O) groups excluding carboxylic acids is 1. The van der Waals surface area contributed by atoms with Gasteiger partial charge in [0.2, 0.25) is 0 Å². The molecule has 1 aliphatic rings. The summed E-state index contributed by atoms with van der Waals surface area (Å²) in [4.78, 5) is 13.4. The van der Waals surface area contributed by atoms with Crippen LogP contribution < -0.4 is 10.1 Å². The maximum Gasteiger partial charge on any atom is 0.251 e. The van der Waals surface area contributed by atoms with Gasteiger partial charge in [0.1, 0.15) is 5.75 Å². The van der Waals surface area contributed by atoms with Crippen molar-refractivity contribution >= 4 is 28.1 Å². The summed E-state index contributed by atoms with van der Waals surface area (Å²) in [6.45, 7) is 6.62. The molecule has 194 valence electrons. The molecule has 2 unspecified atom stereocenters. The van der Waals surface area contributed by atoms with Crippen LogP contribution in [0.3, 0.4) is 0 Å². The number of thiophene rings is 1. The largest absolute Gasteiger partial charge is 0.490 e. The van der Waals surface area contributed by atoms with Crippen LogP contribution in [-0.2, 0) is 0 Å². The van der Waals surface area contributed by atoms with Crippen LogP contribution in [0.5, 0.6) is 5.75 Å². The molecule has 1 fully saturated rings. The summed E-state index contributed by atoms with van der Waals surface area (Å²) >= 11 is 1.69. The molecule has 0 bridgehead atoms. The number of ether oxygens (including phenoxy) is 1. The third kappa shape index (κ3) is 5.90. The zero-order valence-electron chi connectivity index (χ0n) is 22.0. The normalized spacial score (nSPS) is 15.8. The lowest BCUT2D eigenvalue weighted by Gasteiger charge is -2.24. The Hall–Kier alpha value is -3.12. The second-order valence-electron chi connectivity index (χ2n) is 10.7. The summed E-state index contributed by atoms with van der Waals surface area (Å²) in [5.74, 6) is 1.95. The zero-order valence-corrected chi connectivity index (χ0v) is 22.8. The van der Waals surface area contributed by atoms with Gasteiger partial charge in [0.25, 0.3) is 5.91 Å². The van der Waals surface area contributed by atoms with Crippen molar-refractivity contribution in [3.8, 4) is 17.0 Å². The van der Waals surface area contributed by atoms with E-state index in [0.717, 1.165) is 40.8 Å². The molecule has 2 N–H and O–H groups in total. The SMILES string of the molecule is CCC(CC(C)C)Oc1ccc(-c2n[nH]c3ccc(C(=O)NC(c4ccsc4)C4CCCC4)cc23)cc1. The summed E-state index contributed by atoms with van der Waals surface area (Å²) in [6, 6.07) is 16.1. The van der Waals surface area contributed by atoms with E-state index in [2.05, 4.69) is 53.1 Å². The monoisotopic (exact) mass is 515 g/mol. The molecule has 37 heavy (non-hydrogen) atoms. The van der Waals surface area contributed by atoms with E-state index >= 15 is 0 Å². The molecule has 0 saturated heterocycles. The van der Waals surface area contributed by atoms with E-state index in [0.29, 0.717) is 17.4 Å². The van der Waals surface area contributed by atoms with Crippen molar-refractivity contribution in [1.29, 1.82) is 0 Å². The van der Waals surface area contributed by atoms with E-state index in [1.165, 1.54) is 31.2 Å². The third-order valence-corrected chi connectivity index (χ3v) is 8.21. The fourth-order valence-electron chi connectivity index (χ4n) is 5.52. The quantitative estimate of drug-likeness (QED) is 0.224. The molecule has 6 heteroatoms. The van der Waals surface area contributed by atoms with Crippen LogP contribution in [0.15, 0.2) is 59.3 Å². The summed E-state index contributed by atoms with van der Waals surface area (Å²) in [7, 11) is 0. The minimum absolute atomic E-state index is 0.0309. The number of fused-ring (bicyclic) bond motifs is 1. The minimum Gasteiger partial charge on any atom is -0.490 e. The van der Waals surface area contributed by atoms with Crippen LogP contribution in [0.1, 0.15) is 81.3 Å².